The first-order chi connectivity index (χ1) is 15.0. The van der Waals surface area contributed by atoms with E-state index in [0.717, 1.165) is 11.6 Å². The van der Waals surface area contributed by atoms with Crippen LogP contribution in [0.3, 0.4) is 0 Å². The predicted octanol–water partition coefficient (Wildman–Crippen LogP) is -0.880. The minimum Gasteiger partial charge on any atom is -0.566 e. The van der Waals surface area contributed by atoms with Crippen molar-refractivity contribution in [1.82, 2.24) is 15.6 Å². The van der Waals surface area contributed by atoms with Gasteiger partial charge in [0.2, 0.25) is 0 Å². The van der Waals surface area contributed by atoms with Crippen LogP contribution in [-0.4, -0.2) is 52.2 Å². The molecule has 164 valence electrons. The van der Waals surface area contributed by atoms with Crippen LogP contribution in [0, 0.1) is 19.0 Å². The fourth-order valence-corrected chi connectivity index (χ4v) is 3.75. The van der Waals surface area contributed by atoms with Gasteiger partial charge in [-0.3, -0.25) is 17.8 Å². The van der Waals surface area contributed by atoms with Crippen LogP contribution in [0.25, 0.3) is 10.9 Å². The van der Waals surface area contributed by atoms with Crippen molar-refractivity contribution in [2.75, 3.05) is 6.54 Å². The molecule has 0 bridgehead atoms. The molecule has 0 amide bonds. The van der Waals surface area contributed by atoms with E-state index in [1.54, 1.807) is 24.4 Å². The molecule has 1 aromatic heterocycles. The van der Waals surface area contributed by atoms with Crippen molar-refractivity contribution >= 4 is 17.1 Å². The quantitative estimate of drug-likeness (QED) is 0.180. The van der Waals surface area contributed by atoms with Gasteiger partial charge in [-0.15, -0.1) is 5.57 Å². The molecule has 32 heavy (non-hydrogen) atoms. The molecular weight excluding hydrogens is 402 g/mol. The first-order valence-corrected chi connectivity index (χ1v) is 10.1. The van der Waals surface area contributed by atoms with Gasteiger partial charge in [0.25, 0.3) is 0 Å². The molecule has 0 aliphatic heterocycles. The number of aliphatic hydroxyl groups excluding tert-OH is 2. The molecule has 1 heterocycles. The van der Waals surface area contributed by atoms with E-state index in [0.29, 0.717) is 36.0 Å². The monoisotopic (exact) mass is 428 g/mol. The Morgan fingerprint density at radius 2 is 1.94 bits per heavy atom. The number of aliphatic imine (C=N–C) groups is 1. The molecule has 0 unspecified atom stereocenters. The fraction of sp³-hybridized carbons (Fsp3) is 0.333. The van der Waals surface area contributed by atoms with E-state index in [4.69, 9.17) is 13.2 Å². The second-order valence-corrected chi connectivity index (χ2v) is 7.45. The number of fused-ring (bicyclic) bond motifs is 1. The third-order valence-electron chi connectivity index (χ3n) is 5.42. The molecule has 6 nitrogen and oxygen atoms in total. The van der Waals surface area contributed by atoms with Gasteiger partial charge in [0, 0.05) is 41.8 Å². The Morgan fingerprint density at radius 3 is 2.62 bits per heavy atom. The standard InChI is InChI=1S/C24H26FN4O2.Li/c1-3-6-16(13-26-4-2)14-28-20-8-9-21(24(31)23(20)30)29-15-18-11-17-7-5-10-27-22(17)12-19(18)25;/h1-7,10-12,20-21,23-24,28-31H,8-9,14-15H2;/q-3;+1/b16-6+;/t20-,21-,23+,24-;/m0./s1. The molecule has 0 saturated heterocycles. The van der Waals surface area contributed by atoms with E-state index >= 15 is 0 Å². The molecule has 4 atom stereocenters. The van der Waals surface area contributed by atoms with Gasteiger partial charge in [0.15, 0.2) is 0 Å². The van der Waals surface area contributed by atoms with Crippen molar-refractivity contribution in [3.8, 4) is 0 Å². The molecule has 1 aromatic carbocycles. The van der Waals surface area contributed by atoms with Crippen LogP contribution in [0.2, 0.25) is 0 Å². The molecule has 8 heteroatoms. The van der Waals surface area contributed by atoms with Gasteiger partial charge in [0.1, 0.15) is 5.82 Å². The van der Waals surface area contributed by atoms with E-state index in [1.165, 1.54) is 12.1 Å². The molecule has 1 fully saturated rings. The number of pyridine rings is 1. The number of allylic oxidation sites excluding steroid dienone is 2. The van der Waals surface area contributed by atoms with E-state index < -0.39 is 12.2 Å². The summed E-state index contributed by atoms with van der Waals surface area (Å²) in [6.45, 7) is 11.2. The summed E-state index contributed by atoms with van der Waals surface area (Å²) in [6, 6.07) is 6.16. The SMILES string of the molecule is [CH-]=C/C=C(\[C-]=NC=[CH-])CN[C@H]1CC[C@H](NCc2cc3cccnc3cc2F)[C@H](O)[C@@H]1O.[Li+]. The first-order valence-electron chi connectivity index (χ1n) is 10.1. The summed E-state index contributed by atoms with van der Waals surface area (Å²) in [5.41, 5.74) is 1.74. The maximum Gasteiger partial charge on any atom is 1.00 e. The van der Waals surface area contributed by atoms with Crippen LogP contribution in [0.15, 0.2) is 59.4 Å². The van der Waals surface area contributed by atoms with Crippen molar-refractivity contribution in [2.45, 2.75) is 43.7 Å². The molecular formula is C24H26FLiN4O2-2. The Kier molecular flexibility index (Phi) is 10.5. The van der Waals surface area contributed by atoms with Crippen LogP contribution >= 0.6 is 0 Å². The van der Waals surface area contributed by atoms with Gasteiger partial charge < -0.3 is 32.4 Å². The summed E-state index contributed by atoms with van der Waals surface area (Å²) in [7, 11) is 0. The number of nitrogens with one attached hydrogen (secondary N) is 2. The Hall–Kier alpha value is -2.11. The van der Waals surface area contributed by atoms with Crippen LogP contribution in [0.5, 0.6) is 0 Å². The number of nitrogens with zero attached hydrogens (tertiary/aromatic N) is 2. The molecule has 2 aromatic rings. The second-order valence-electron chi connectivity index (χ2n) is 7.45. The Bertz CT molecular complexity index is 982. The van der Waals surface area contributed by atoms with Gasteiger partial charge >= 0.3 is 18.9 Å². The number of benzene rings is 1. The van der Waals surface area contributed by atoms with Crippen molar-refractivity contribution in [3.05, 3.63) is 78.9 Å². The van der Waals surface area contributed by atoms with E-state index in [2.05, 4.69) is 26.8 Å². The molecule has 3 rings (SSSR count). The third kappa shape index (κ3) is 6.69. The molecule has 0 radical (unpaired) electrons. The average Bonchev–Trinajstić information content (AvgIpc) is 2.77. The zero-order chi connectivity index (χ0) is 22.2. The minimum absolute atomic E-state index is 0. The largest absolute Gasteiger partial charge is 1.00 e. The van der Waals surface area contributed by atoms with Crippen molar-refractivity contribution in [3.63, 3.8) is 0 Å². The second kappa shape index (κ2) is 12.8. The van der Waals surface area contributed by atoms with Crippen molar-refractivity contribution < 1.29 is 33.5 Å². The van der Waals surface area contributed by atoms with Crippen molar-refractivity contribution in [1.29, 1.82) is 0 Å². The van der Waals surface area contributed by atoms with Crippen LogP contribution < -0.4 is 29.5 Å². The molecule has 1 aliphatic carbocycles. The topological polar surface area (TPSA) is 89.8 Å². The van der Waals surface area contributed by atoms with E-state index in [9.17, 15) is 14.6 Å². The molecule has 4 N–H and O–H groups in total. The maximum absolute atomic E-state index is 14.4. The average molecular weight is 428 g/mol. The van der Waals surface area contributed by atoms with E-state index in [-0.39, 0.29) is 43.3 Å². The normalized spacial score (nSPS) is 23.8. The smallest absolute Gasteiger partial charge is 0.566 e. The number of hydrogen-bond acceptors (Lipinski definition) is 6. The van der Waals surface area contributed by atoms with Gasteiger partial charge in [-0.1, -0.05) is 12.3 Å². The zero-order valence-corrected chi connectivity index (χ0v) is 18.1. The first kappa shape index (κ1) is 26.1. The third-order valence-corrected chi connectivity index (χ3v) is 5.42. The number of aromatic nitrogens is 1. The zero-order valence-electron chi connectivity index (χ0n) is 18.1. The molecule has 0 spiro atoms. The van der Waals surface area contributed by atoms with Gasteiger partial charge in [-0.2, -0.15) is 6.08 Å². The summed E-state index contributed by atoms with van der Waals surface area (Å²) in [5.74, 6) is -0.354. The van der Waals surface area contributed by atoms with Crippen LogP contribution in [-0.2, 0) is 6.54 Å². The summed E-state index contributed by atoms with van der Waals surface area (Å²) >= 11 is 0. The maximum atomic E-state index is 14.4. The van der Waals surface area contributed by atoms with Gasteiger partial charge in [-0.25, -0.2) is 10.5 Å². The van der Waals surface area contributed by atoms with E-state index in [1.807, 2.05) is 6.07 Å². The van der Waals surface area contributed by atoms with Gasteiger partial charge in [0.05, 0.1) is 17.7 Å². The predicted molar refractivity (Wildman–Crippen MR) is 119 cm³/mol. The summed E-state index contributed by atoms with van der Waals surface area (Å²) in [6.07, 6.45) is 7.72. The van der Waals surface area contributed by atoms with Crippen LogP contribution in [0.4, 0.5) is 4.39 Å². The molecule has 1 saturated carbocycles. The summed E-state index contributed by atoms with van der Waals surface area (Å²) in [5, 5.41) is 28.4. The molecule has 1 aliphatic rings. The van der Waals surface area contributed by atoms with Crippen molar-refractivity contribution in [2.24, 2.45) is 4.99 Å². The Labute approximate surface area is 200 Å². The number of halogens is 1. The summed E-state index contributed by atoms with van der Waals surface area (Å²) in [4.78, 5) is 7.89. The number of hydrogen-bond donors (Lipinski definition) is 4. The summed E-state index contributed by atoms with van der Waals surface area (Å²) < 4.78 is 14.4. The Morgan fingerprint density at radius 1 is 1.22 bits per heavy atom. The number of aliphatic hydroxyl groups is 2. The fourth-order valence-electron chi connectivity index (χ4n) is 3.75. The number of rotatable bonds is 9. The Balaban J connectivity index is 0.00000363. The van der Waals surface area contributed by atoms with Crippen LogP contribution in [0.1, 0.15) is 18.4 Å². The van der Waals surface area contributed by atoms with Gasteiger partial charge in [-0.05, 0) is 31.5 Å². The minimum atomic E-state index is -1.00.